The molecule has 3 N–H and O–H groups in total. The molecule has 3 rings (SSSR count). The molecule has 0 unspecified atom stereocenters. The van der Waals surface area contributed by atoms with Crippen molar-refractivity contribution in [1.82, 2.24) is 19.7 Å². The van der Waals surface area contributed by atoms with Crippen molar-refractivity contribution in [3.8, 4) is 0 Å². The summed E-state index contributed by atoms with van der Waals surface area (Å²) in [6, 6.07) is 16.5. The van der Waals surface area contributed by atoms with Gasteiger partial charge >= 0.3 is 0 Å². The van der Waals surface area contributed by atoms with Crippen LogP contribution in [0.4, 0.5) is 17.5 Å². The number of sulfonamides is 1. The Morgan fingerprint density at radius 3 is 2.43 bits per heavy atom. The first-order chi connectivity index (χ1) is 13.6. The second-order valence-corrected chi connectivity index (χ2v) is 7.36. The van der Waals surface area contributed by atoms with Crippen molar-refractivity contribution < 1.29 is 8.42 Å². The lowest BCUT2D eigenvalue weighted by atomic mass is 10.2. The van der Waals surface area contributed by atoms with E-state index in [2.05, 4.69) is 30.3 Å². The molecule has 0 aliphatic rings. The molecule has 0 saturated carbocycles. The molecule has 0 spiro atoms. The zero-order valence-corrected chi connectivity index (χ0v) is 15.8. The zero-order chi connectivity index (χ0) is 19.7. The first-order valence-corrected chi connectivity index (χ1v) is 10.1. The van der Waals surface area contributed by atoms with Gasteiger partial charge in [0.25, 0.3) is 0 Å². The minimum Gasteiger partial charge on any atom is -0.369 e. The third-order valence-electron chi connectivity index (χ3n) is 3.56. The molecule has 0 atom stereocenters. The number of nitrogens with zero attached hydrogens (tertiary/aromatic N) is 3. The molecule has 28 heavy (non-hydrogen) atoms. The summed E-state index contributed by atoms with van der Waals surface area (Å²) in [4.78, 5) is 12.4. The van der Waals surface area contributed by atoms with Gasteiger partial charge in [0, 0.05) is 30.8 Å². The quantitative estimate of drug-likeness (QED) is 0.477. The lowest BCUT2D eigenvalue weighted by Crippen LogP contribution is -2.27. The predicted octanol–water partition coefficient (Wildman–Crippen LogP) is 2.62. The Morgan fingerprint density at radius 2 is 1.64 bits per heavy atom. The molecule has 0 aliphatic carbocycles. The molecule has 0 aliphatic heterocycles. The SMILES string of the molecule is O=S(=O)(/C=C/c1ccccc1)NCCNc1cc(Nc2ccccn2)ncn1. The van der Waals surface area contributed by atoms with Crippen LogP contribution in [-0.4, -0.2) is 36.5 Å². The lowest BCUT2D eigenvalue weighted by Gasteiger charge is -2.08. The van der Waals surface area contributed by atoms with E-state index in [1.54, 1.807) is 18.3 Å². The number of hydrogen-bond donors (Lipinski definition) is 3. The van der Waals surface area contributed by atoms with Crippen LogP contribution in [-0.2, 0) is 10.0 Å². The number of rotatable bonds is 9. The molecule has 3 aromatic rings. The van der Waals surface area contributed by atoms with Gasteiger partial charge in [0.15, 0.2) is 0 Å². The van der Waals surface area contributed by atoms with Crippen LogP contribution >= 0.6 is 0 Å². The van der Waals surface area contributed by atoms with Crippen molar-refractivity contribution in [3.05, 3.63) is 78.1 Å². The average Bonchev–Trinajstić information content (AvgIpc) is 2.72. The molecule has 2 aromatic heterocycles. The second-order valence-electron chi connectivity index (χ2n) is 5.71. The number of benzene rings is 1. The Labute approximate surface area is 163 Å². The van der Waals surface area contributed by atoms with Gasteiger partial charge in [0.1, 0.15) is 23.8 Å². The van der Waals surface area contributed by atoms with Crippen LogP contribution in [0.15, 0.2) is 72.5 Å². The summed E-state index contributed by atoms with van der Waals surface area (Å²) in [6.45, 7) is 0.590. The van der Waals surface area contributed by atoms with Crippen LogP contribution in [0.25, 0.3) is 6.08 Å². The Kier molecular flexibility index (Phi) is 6.66. The molecular formula is C19H20N6O2S. The molecule has 0 bridgehead atoms. The van der Waals surface area contributed by atoms with E-state index in [9.17, 15) is 8.42 Å². The van der Waals surface area contributed by atoms with Crippen LogP contribution in [0.5, 0.6) is 0 Å². The highest BCUT2D eigenvalue weighted by atomic mass is 32.2. The molecule has 0 radical (unpaired) electrons. The Bertz CT molecular complexity index is 1010. The van der Waals surface area contributed by atoms with Gasteiger partial charge in [-0.15, -0.1) is 0 Å². The van der Waals surface area contributed by atoms with Crippen molar-refractivity contribution in [1.29, 1.82) is 0 Å². The number of aromatic nitrogens is 3. The van der Waals surface area contributed by atoms with Crippen LogP contribution in [0, 0.1) is 0 Å². The van der Waals surface area contributed by atoms with E-state index in [-0.39, 0.29) is 6.54 Å². The van der Waals surface area contributed by atoms with Crippen molar-refractivity contribution in [3.63, 3.8) is 0 Å². The van der Waals surface area contributed by atoms with Gasteiger partial charge in [-0.2, -0.15) is 0 Å². The maximum absolute atomic E-state index is 12.0. The molecule has 9 heteroatoms. The maximum Gasteiger partial charge on any atom is 0.233 e. The van der Waals surface area contributed by atoms with Gasteiger partial charge in [-0.25, -0.2) is 28.1 Å². The minimum absolute atomic E-state index is 0.217. The number of hydrogen-bond acceptors (Lipinski definition) is 7. The van der Waals surface area contributed by atoms with Crippen LogP contribution < -0.4 is 15.4 Å². The van der Waals surface area contributed by atoms with E-state index >= 15 is 0 Å². The number of nitrogens with one attached hydrogen (secondary N) is 3. The van der Waals surface area contributed by atoms with Gasteiger partial charge in [-0.3, -0.25) is 0 Å². The summed E-state index contributed by atoms with van der Waals surface area (Å²) in [5, 5.41) is 7.28. The number of anilines is 3. The topological polar surface area (TPSA) is 109 Å². The highest BCUT2D eigenvalue weighted by Gasteiger charge is 2.04. The Balaban J connectivity index is 1.47. The standard InChI is InChI=1S/C19H20N6O2S/c26-28(27,13-9-16-6-2-1-3-7-16)24-12-11-21-18-14-19(23-15-22-18)25-17-8-4-5-10-20-17/h1-10,13-15,24H,11-12H2,(H2,20,21,22,23,25)/b13-9+. The van der Waals surface area contributed by atoms with E-state index in [1.165, 1.54) is 6.33 Å². The second kappa shape index (κ2) is 9.58. The van der Waals surface area contributed by atoms with Crippen LogP contribution in [0.3, 0.4) is 0 Å². The van der Waals surface area contributed by atoms with Crippen molar-refractivity contribution in [2.45, 2.75) is 0 Å². The predicted molar refractivity (Wildman–Crippen MR) is 110 cm³/mol. The average molecular weight is 396 g/mol. The maximum atomic E-state index is 12.0. The number of pyridine rings is 1. The van der Waals surface area contributed by atoms with Gasteiger partial charge in [-0.1, -0.05) is 36.4 Å². The van der Waals surface area contributed by atoms with Crippen LogP contribution in [0.2, 0.25) is 0 Å². The zero-order valence-electron chi connectivity index (χ0n) is 15.0. The van der Waals surface area contributed by atoms with Crippen molar-refractivity contribution >= 4 is 33.6 Å². The summed E-state index contributed by atoms with van der Waals surface area (Å²) in [5.41, 5.74) is 0.819. The molecule has 0 fully saturated rings. The van der Waals surface area contributed by atoms with Gasteiger partial charge < -0.3 is 10.6 Å². The highest BCUT2D eigenvalue weighted by Crippen LogP contribution is 2.13. The summed E-state index contributed by atoms with van der Waals surface area (Å²) >= 11 is 0. The Hall–Kier alpha value is -3.30. The van der Waals surface area contributed by atoms with Gasteiger partial charge in [-0.05, 0) is 23.8 Å². The van der Waals surface area contributed by atoms with E-state index in [0.717, 1.165) is 11.0 Å². The normalized spacial score (nSPS) is 11.4. The fraction of sp³-hybridized carbons (Fsp3) is 0.105. The smallest absolute Gasteiger partial charge is 0.233 e. The third-order valence-corrected chi connectivity index (χ3v) is 4.66. The van der Waals surface area contributed by atoms with E-state index in [0.29, 0.717) is 24.0 Å². The molecule has 0 amide bonds. The van der Waals surface area contributed by atoms with E-state index in [4.69, 9.17) is 0 Å². The Morgan fingerprint density at radius 1 is 0.857 bits per heavy atom. The molecule has 144 valence electrons. The monoisotopic (exact) mass is 396 g/mol. The van der Waals surface area contributed by atoms with E-state index in [1.807, 2.05) is 48.5 Å². The van der Waals surface area contributed by atoms with Gasteiger partial charge in [0.05, 0.1) is 0 Å². The summed E-state index contributed by atoms with van der Waals surface area (Å²) < 4.78 is 26.5. The third kappa shape index (κ3) is 6.45. The first kappa shape index (κ1) is 19.5. The summed E-state index contributed by atoms with van der Waals surface area (Å²) in [6.07, 6.45) is 4.65. The molecule has 1 aromatic carbocycles. The van der Waals surface area contributed by atoms with Crippen molar-refractivity contribution in [2.75, 3.05) is 23.7 Å². The molecule has 8 nitrogen and oxygen atoms in total. The minimum atomic E-state index is -3.51. The van der Waals surface area contributed by atoms with Crippen molar-refractivity contribution in [2.24, 2.45) is 0 Å². The summed E-state index contributed by atoms with van der Waals surface area (Å²) in [7, 11) is -3.51. The molecular weight excluding hydrogens is 376 g/mol. The van der Waals surface area contributed by atoms with E-state index < -0.39 is 10.0 Å². The first-order valence-electron chi connectivity index (χ1n) is 8.57. The fourth-order valence-electron chi connectivity index (χ4n) is 2.25. The van der Waals surface area contributed by atoms with Gasteiger partial charge in [0.2, 0.25) is 10.0 Å². The molecule has 2 heterocycles. The van der Waals surface area contributed by atoms with Crippen LogP contribution in [0.1, 0.15) is 5.56 Å². The lowest BCUT2D eigenvalue weighted by molar-refractivity contribution is 0.592. The molecule has 0 saturated heterocycles. The highest BCUT2D eigenvalue weighted by molar-refractivity contribution is 7.92. The summed E-state index contributed by atoms with van der Waals surface area (Å²) in [5.74, 6) is 1.83. The largest absolute Gasteiger partial charge is 0.369 e. The fourth-order valence-corrected chi connectivity index (χ4v) is 3.07.